The second kappa shape index (κ2) is 7.27. The molecule has 2 aromatic carbocycles. The summed E-state index contributed by atoms with van der Waals surface area (Å²) in [5, 5.41) is 5.31. The van der Waals surface area contributed by atoms with Gasteiger partial charge in [0.25, 0.3) is 5.91 Å². The fraction of sp³-hybridized carbons (Fsp3) is 0.174. The summed E-state index contributed by atoms with van der Waals surface area (Å²) >= 11 is 0. The highest BCUT2D eigenvalue weighted by Gasteiger charge is 2.14. The molecule has 5 nitrogen and oxygen atoms in total. The van der Waals surface area contributed by atoms with Crippen molar-refractivity contribution in [2.75, 3.05) is 7.05 Å². The lowest BCUT2D eigenvalue weighted by molar-refractivity contribution is 0.0785. The first kappa shape index (κ1) is 17.9. The van der Waals surface area contributed by atoms with Crippen LogP contribution in [0.4, 0.5) is 0 Å². The Labute approximate surface area is 164 Å². The smallest absolute Gasteiger partial charge is 0.253 e. The molecule has 0 aliphatic heterocycles. The number of pyridine rings is 1. The molecule has 0 spiro atoms. The molecule has 2 aromatic heterocycles. The van der Waals surface area contributed by atoms with Gasteiger partial charge in [0.2, 0.25) is 0 Å². The van der Waals surface area contributed by atoms with Gasteiger partial charge in [-0.3, -0.25) is 9.78 Å². The van der Waals surface area contributed by atoms with Crippen LogP contribution in [-0.4, -0.2) is 32.6 Å². The zero-order valence-corrected chi connectivity index (χ0v) is 16.3. The highest BCUT2D eigenvalue weighted by atomic mass is 16.2. The maximum Gasteiger partial charge on any atom is 0.253 e. The number of fused-ring (bicyclic) bond motifs is 1. The molecule has 5 heteroatoms. The second-order valence-electron chi connectivity index (χ2n) is 7.09. The van der Waals surface area contributed by atoms with Gasteiger partial charge in [0, 0.05) is 42.6 Å². The van der Waals surface area contributed by atoms with Crippen molar-refractivity contribution in [3.8, 4) is 5.69 Å². The van der Waals surface area contributed by atoms with Gasteiger partial charge in [-0.1, -0.05) is 18.2 Å². The number of nitrogens with zero attached hydrogens (tertiary/aromatic N) is 4. The summed E-state index contributed by atoms with van der Waals surface area (Å²) in [6.45, 7) is 4.58. The van der Waals surface area contributed by atoms with Gasteiger partial charge in [0.05, 0.1) is 11.2 Å². The Morgan fingerprint density at radius 2 is 1.86 bits per heavy atom. The molecule has 0 saturated carbocycles. The van der Waals surface area contributed by atoms with Crippen molar-refractivity contribution in [2.24, 2.45) is 0 Å². The second-order valence-corrected chi connectivity index (χ2v) is 7.09. The van der Waals surface area contributed by atoms with Crippen molar-refractivity contribution < 1.29 is 4.79 Å². The van der Waals surface area contributed by atoms with E-state index in [1.165, 1.54) is 5.56 Å². The molecular weight excluding hydrogens is 348 g/mol. The summed E-state index contributed by atoms with van der Waals surface area (Å²) in [7, 11) is 1.82. The monoisotopic (exact) mass is 370 g/mol. The first-order chi connectivity index (χ1) is 13.5. The van der Waals surface area contributed by atoms with Crippen LogP contribution in [0.5, 0.6) is 0 Å². The normalized spacial score (nSPS) is 11.0. The van der Waals surface area contributed by atoms with Crippen LogP contribution in [0, 0.1) is 13.8 Å². The molecule has 0 fully saturated rings. The molecule has 4 rings (SSSR count). The van der Waals surface area contributed by atoms with E-state index in [0.29, 0.717) is 12.1 Å². The molecule has 28 heavy (non-hydrogen) atoms. The Bertz CT molecular complexity index is 1130. The maximum absolute atomic E-state index is 12.9. The van der Waals surface area contributed by atoms with Crippen LogP contribution in [0.1, 0.15) is 27.2 Å². The molecule has 4 aromatic rings. The Morgan fingerprint density at radius 1 is 1.07 bits per heavy atom. The van der Waals surface area contributed by atoms with E-state index in [0.717, 1.165) is 27.8 Å². The molecule has 0 N–H and O–H groups in total. The number of carbonyl (C=O) groups excluding carboxylic acids is 1. The average molecular weight is 370 g/mol. The standard InChI is InChI=1S/C23H22N4O/c1-16-13-17(2)25-22-14-19(7-10-21(16)22)23(28)26(3)15-18-5-8-20(9-6-18)27-12-4-11-24-27/h4-14H,15H2,1-3H3. The predicted molar refractivity (Wildman–Crippen MR) is 111 cm³/mol. The van der Waals surface area contributed by atoms with Crippen LogP contribution < -0.4 is 0 Å². The van der Waals surface area contributed by atoms with E-state index in [1.807, 2.05) is 73.4 Å². The van der Waals surface area contributed by atoms with Crippen molar-refractivity contribution >= 4 is 16.8 Å². The van der Waals surface area contributed by atoms with E-state index < -0.39 is 0 Å². The third-order valence-corrected chi connectivity index (χ3v) is 4.86. The summed E-state index contributed by atoms with van der Waals surface area (Å²) < 4.78 is 1.81. The number of hydrogen-bond donors (Lipinski definition) is 0. The van der Waals surface area contributed by atoms with Gasteiger partial charge < -0.3 is 4.90 Å². The van der Waals surface area contributed by atoms with E-state index in [2.05, 4.69) is 23.1 Å². The summed E-state index contributed by atoms with van der Waals surface area (Å²) in [6.07, 6.45) is 3.66. The van der Waals surface area contributed by atoms with Gasteiger partial charge in [-0.05, 0) is 61.4 Å². The quantitative estimate of drug-likeness (QED) is 0.538. The van der Waals surface area contributed by atoms with Gasteiger partial charge in [0.1, 0.15) is 0 Å². The zero-order chi connectivity index (χ0) is 19.7. The number of rotatable bonds is 4. The first-order valence-corrected chi connectivity index (χ1v) is 9.24. The molecule has 140 valence electrons. The van der Waals surface area contributed by atoms with Crippen LogP contribution >= 0.6 is 0 Å². The fourth-order valence-electron chi connectivity index (χ4n) is 3.45. The van der Waals surface area contributed by atoms with Crippen molar-refractivity contribution in [3.05, 3.63) is 89.4 Å². The average Bonchev–Trinajstić information content (AvgIpc) is 3.22. The number of amides is 1. The van der Waals surface area contributed by atoms with Crippen LogP contribution in [0.25, 0.3) is 16.6 Å². The van der Waals surface area contributed by atoms with Gasteiger partial charge >= 0.3 is 0 Å². The highest BCUT2D eigenvalue weighted by molar-refractivity contribution is 5.98. The molecule has 0 saturated heterocycles. The first-order valence-electron chi connectivity index (χ1n) is 9.24. The lowest BCUT2D eigenvalue weighted by Crippen LogP contribution is -2.26. The number of aryl methyl sites for hydroxylation is 2. The third-order valence-electron chi connectivity index (χ3n) is 4.86. The van der Waals surface area contributed by atoms with Gasteiger partial charge in [0.15, 0.2) is 0 Å². The van der Waals surface area contributed by atoms with Crippen molar-refractivity contribution in [3.63, 3.8) is 0 Å². The Balaban J connectivity index is 1.52. The molecular formula is C23H22N4O. The highest BCUT2D eigenvalue weighted by Crippen LogP contribution is 2.20. The van der Waals surface area contributed by atoms with Gasteiger partial charge in [-0.25, -0.2) is 4.68 Å². The van der Waals surface area contributed by atoms with Gasteiger partial charge in [-0.15, -0.1) is 0 Å². The topological polar surface area (TPSA) is 51.0 Å². The van der Waals surface area contributed by atoms with Crippen molar-refractivity contribution in [1.82, 2.24) is 19.7 Å². The Morgan fingerprint density at radius 3 is 2.57 bits per heavy atom. The Kier molecular flexibility index (Phi) is 4.65. The lowest BCUT2D eigenvalue weighted by Gasteiger charge is -2.18. The Hall–Kier alpha value is -3.47. The summed E-state index contributed by atoms with van der Waals surface area (Å²) in [5.41, 5.74) is 5.71. The van der Waals surface area contributed by atoms with Crippen LogP contribution in [-0.2, 0) is 6.54 Å². The molecule has 0 aliphatic carbocycles. The maximum atomic E-state index is 12.9. The third kappa shape index (κ3) is 3.51. The SMILES string of the molecule is Cc1cc(C)c2ccc(C(=O)N(C)Cc3ccc(-n4cccn4)cc3)cc2n1. The number of carbonyl (C=O) groups is 1. The molecule has 2 heterocycles. The number of benzene rings is 2. The molecule has 1 amide bonds. The van der Waals surface area contributed by atoms with E-state index in [1.54, 1.807) is 11.1 Å². The van der Waals surface area contributed by atoms with Crippen LogP contribution in [0.15, 0.2) is 67.0 Å². The summed E-state index contributed by atoms with van der Waals surface area (Å²) in [4.78, 5) is 19.2. The minimum atomic E-state index is -0.0148. The molecule has 0 bridgehead atoms. The fourth-order valence-corrected chi connectivity index (χ4v) is 3.45. The molecule has 0 aliphatic rings. The van der Waals surface area contributed by atoms with Crippen molar-refractivity contribution in [2.45, 2.75) is 20.4 Å². The molecule has 0 unspecified atom stereocenters. The minimum Gasteiger partial charge on any atom is -0.337 e. The number of aromatic nitrogens is 3. The van der Waals surface area contributed by atoms with Crippen LogP contribution in [0.3, 0.4) is 0 Å². The minimum absolute atomic E-state index is 0.0148. The molecule has 0 atom stereocenters. The van der Waals surface area contributed by atoms with Gasteiger partial charge in [-0.2, -0.15) is 5.10 Å². The van der Waals surface area contributed by atoms with E-state index in [4.69, 9.17) is 0 Å². The predicted octanol–water partition coefficient (Wildman–Crippen LogP) is 4.31. The van der Waals surface area contributed by atoms with E-state index in [-0.39, 0.29) is 5.91 Å². The lowest BCUT2D eigenvalue weighted by atomic mass is 10.1. The molecule has 0 radical (unpaired) electrons. The van der Waals surface area contributed by atoms with Crippen LogP contribution in [0.2, 0.25) is 0 Å². The van der Waals surface area contributed by atoms with E-state index in [9.17, 15) is 4.79 Å². The largest absolute Gasteiger partial charge is 0.337 e. The van der Waals surface area contributed by atoms with Crippen molar-refractivity contribution in [1.29, 1.82) is 0 Å². The summed E-state index contributed by atoms with van der Waals surface area (Å²) in [5.74, 6) is -0.0148. The zero-order valence-electron chi connectivity index (χ0n) is 16.3. The summed E-state index contributed by atoms with van der Waals surface area (Å²) in [6, 6.07) is 17.8. The number of hydrogen-bond acceptors (Lipinski definition) is 3. The van der Waals surface area contributed by atoms with E-state index >= 15 is 0 Å².